The van der Waals surface area contributed by atoms with Gasteiger partial charge in [-0.05, 0) is 47.0 Å². The van der Waals surface area contributed by atoms with E-state index in [1.807, 2.05) is 55.6 Å². The molecule has 0 aliphatic carbocycles. The summed E-state index contributed by atoms with van der Waals surface area (Å²) in [6, 6.07) is 15.8. The van der Waals surface area contributed by atoms with Crippen LogP contribution in [0.25, 0.3) is 17.1 Å². The molecule has 3 aromatic heterocycles. The summed E-state index contributed by atoms with van der Waals surface area (Å²) in [7, 11) is 5.15. The fraction of sp³-hybridized carbons (Fsp3) is 0.208. The Morgan fingerprint density at radius 3 is 1.86 bits per heavy atom. The van der Waals surface area contributed by atoms with Crippen LogP contribution in [-0.4, -0.2) is 48.7 Å². The van der Waals surface area contributed by atoms with Crippen LogP contribution >= 0.6 is 11.6 Å². The Bertz CT molecular complexity index is 1380. The van der Waals surface area contributed by atoms with Crippen LogP contribution in [0.15, 0.2) is 60.9 Å². The second-order valence-corrected chi connectivity index (χ2v) is 8.17. The topological polar surface area (TPSA) is 96.0 Å². The molecule has 10 nitrogen and oxygen atoms in total. The van der Waals surface area contributed by atoms with Crippen molar-refractivity contribution in [3.8, 4) is 17.4 Å². The third-order valence-electron chi connectivity index (χ3n) is 5.61. The second kappa shape index (κ2) is 9.59. The Morgan fingerprint density at radius 1 is 0.800 bits per heavy atom. The van der Waals surface area contributed by atoms with Gasteiger partial charge in [0.25, 0.3) is 5.95 Å². The van der Waals surface area contributed by atoms with E-state index in [9.17, 15) is 0 Å². The molecule has 5 aromatic rings. The number of imidazole rings is 1. The number of rotatable bonds is 8. The van der Waals surface area contributed by atoms with Crippen molar-refractivity contribution in [3.05, 3.63) is 77.3 Å². The molecule has 0 spiro atoms. The molecule has 0 saturated carbocycles. The van der Waals surface area contributed by atoms with E-state index in [4.69, 9.17) is 26.1 Å². The number of hydrogen-bond donors (Lipinski definition) is 0. The highest BCUT2D eigenvalue weighted by Crippen LogP contribution is 2.29. The number of fused-ring (bicyclic) bond motifs is 1. The average molecular weight is 491 g/mol. The standard InChI is InChI=1S/C24H23ClN8O2/c1-31-21-20(28-24(31)33-26-12-13-27-33)22(30-23(25)29-21)32(14-16-4-8-18(34-2)9-5-16)15-17-6-10-19(35-3)11-7-17/h4-13H,14-15H2,1-3H3. The van der Waals surface area contributed by atoms with Crippen LogP contribution in [0.3, 0.4) is 0 Å². The first-order chi connectivity index (χ1) is 17.1. The minimum absolute atomic E-state index is 0.130. The minimum atomic E-state index is 0.130. The van der Waals surface area contributed by atoms with Crippen molar-refractivity contribution in [1.29, 1.82) is 0 Å². The molecule has 0 saturated heterocycles. The molecule has 0 fully saturated rings. The maximum Gasteiger partial charge on any atom is 0.251 e. The van der Waals surface area contributed by atoms with Crippen molar-refractivity contribution in [2.45, 2.75) is 13.1 Å². The second-order valence-electron chi connectivity index (χ2n) is 7.83. The van der Waals surface area contributed by atoms with Crippen molar-refractivity contribution < 1.29 is 9.47 Å². The molecule has 178 valence electrons. The van der Waals surface area contributed by atoms with Crippen molar-refractivity contribution in [2.24, 2.45) is 7.05 Å². The third kappa shape index (κ3) is 4.60. The molecule has 0 unspecified atom stereocenters. The van der Waals surface area contributed by atoms with Crippen LogP contribution in [0.1, 0.15) is 11.1 Å². The summed E-state index contributed by atoms with van der Waals surface area (Å²) >= 11 is 6.40. The molecule has 11 heteroatoms. The van der Waals surface area contributed by atoms with E-state index in [0.717, 1.165) is 22.6 Å². The van der Waals surface area contributed by atoms with E-state index in [0.29, 0.717) is 36.0 Å². The van der Waals surface area contributed by atoms with Crippen molar-refractivity contribution >= 4 is 28.6 Å². The Hall–Kier alpha value is -4.18. The van der Waals surface area contributed by atoms with Crippen LogP contribution < -0.4 is 14.4 Å². The first kappa shape index (κ1) is 22.6. The van der Waals surface area contributed by atoms with Gasteiger partial charge in [-0.2, -0.15) is 20.2 Å². The van der Waals surface area contributed by atoms with Gasteiger partial charge in [0.1, 0.15) is 11.5 Å². The number of nitrogens with zero attached hydrogens (tertiary/aromatic N) is 8. The number of aryl methyl sites for hydroxylation is 1. The maximum atomic E-state index is 6.40. The molecule has 0 bridgehead atoms. The smallest absolute Gasteiger partial charge is 0.251 e. The highest BCUT2D eigenvalue weighted by atomic mass is 35.5. The third-order valence-corrected chi connectivity index (χ3v) is 5.78. The van der Waals surface area contributed by atoms with Gasteiger partial charge >= 0.3 is 0 Å². The summed E-state index contributed by atoms with van der Waals surface area (Å²) in [6.07, 6.45) is 3.19. The highest BCUT2D eigenvalue weighted by molar-refractivity contribution is 6.28. The van der Waals surface area contributed by atoms with Gasteiger partial charge in [0, 0.05) is 20.1 Å². The highest BCUT2D eigenvalue weighted by Gasteiger charge is 2.22. The zero-order valence-corrected chi connectivity index (χ0v) is 20.2. The first-order valence-electron chi connectivity index (χ1n) is 10.8. The van der Waals surface area contributed by atoms with Crippen molar-refractivity contribution in [2.75, 3.05) is 19.1 Å². The molecule has 0 aliphatic heterocycles. The predicted molar refractivity (Wildman–Crippen MR) is 132 cm³/mol. The fourth-order valence-corrected chi connectivity index (χ4v) is 4.00. The summed E-state index contributed by atoms with van der Waals surface area (Å²) in [4.78, 5) is 17.4. The number of benzene rings is 2. The Kier molecular flexibility index (Phi) is 6.19. The number of halogens is 1. The Morgan fingerprint density at radius 2 is 1.34 bits per heavy atom. The molecule has 3 heterocycles. The van der Waals surface area contributed by atoms with Gasteiger partial charge in [0.05, 0.1) is 26.6 Å². The van der Waals surface area contributed by atoms with Crippen LogP contribution in [0, 0.1) is 0 Å². The van der Waals surface area contributed by atoms with Crippen LogP contribution in [-0.2, 0) is 20.1 Å². The lowest BCUT2D eigenvalue weighted by atomic mass is 10.1. The molecule has 0 N–H and O–H groups in total. The van der Waals surface area contributed by atoms with E-state index < -0.39 is 0 Å². The van der Waals surface area contributed by atoms with Gasteiger partial charge in [-0.25, -0.2) is 4.98 Å². The number of hydrogen-bond acceptors (Lipinski definition) is 8. The van der Waals surface area contributed by atoms with Gasteiger partial charge < -0.3 is 14.4 Å². The Balaban J connectivity index is 1.61. The predicted octanol–water partition coefficient (Wildman–Crippen LogP) is 3.82. The van der Waals surface area contributed by atoms with E-state index in [1.165, 1.54) is 4.80 Å². The first-order valence-corrected chi connectivity index (χ1v) is 11.2. The summed E-state index contributed by atoms with van der Waals surface area (Å²) in [5, 5.41) is 8.55. The number of methoxy groups -OCH3 is 2. The molecule has 0 aliphatic rings. The maximum absolute atomic E-state index is 6.40. The zero-order valence-electron chi connectivity index (χ0n) is 19.5. The molecule has 2 aromatic carbocycles. The van der Waals surface area contributed by atoms with E-state index in [2.05, 4.69) is 25.1 Å². The summed E-state index contributed by atoms with van der Waals surface area (Å²) in [5.74, 6) is 2.71. The van der Waals surface area contributed by atoms with Gasteiger partial charge in [-0.3, -0.25) is 4.57 Å². The van der Waals surface area contributed by atoms with Gasteiger partial charge in [-0.1, -0.05) is 24.3 Å². The van der Waals surface area contributed by atoms with E-state index in [-0.39, 0.29) is 5.28 Å². The van der Waals surface area contributed by atoms with Crippen LogP contribution in [0.4, 0.5) is 5.82 Å². The summed E-state index contributed by atoms with van der Waals surface area (Å²) in [5.41, 5.74) is 3.34. The molecule has 35 heavy (non-hydrogen) atoms. The quantitative estimate of drug-likeness (QED) is 0.303. The molecule has 0 radical (unpaired) electrons. The van der Waals surface area contributed by atoms with E-state index in [1.54, 1.807) is 31.2 Å². The van der Waals surface area contributed by atoms with Gasteiger partial charge in [-0.15, -0.1) is 4.80 Å². The van der Waals surface area contributed by atoms with Gasteiger partial charge in [0.15, 0.2) is 17.0 Å². The van der Waals surface area contributed by atoms with Crippen LogP contribution in [0.2, 0.25) is 5.28 Å². The molecule has 5 rings (SSSR count). The summed E-state index contributed by atoms with van der Waals surface area (Å²) < 4.78 is 12.4. The largest absolute Gasteiger partial charge is 0.497 e. The molecular weight excluding hydrogens is 468 g/mol. The van der Waals surface area contributed by atoms with E-state index >= 15 is 0 Å². The average Bonchev–Trinajstić information content (AvgIpc) is 3.52. The number of anilines is 1. The lowest BCUT2D eigenvalue weighted by Crippen LogP contribution is -2.24. The monoisotopic (exact) mass is 490 g/mol. The minimum Gasteiger partial charge on any atom is -0.497 e. The SMILES string of the molecule is COc1ccc(CN(Cc2ccc(OC)cc2)c2nc(Cl)nc3c2nc(-n2nccn2)n3C)cc1. The number of aromatic nitrogens is 7. The van der Waals surface area contributed by atoms with Crippen LogP contribution in [0.5, 0.6) is 11.5 Å². The van der Waals surface area contributed by atoms with Crippen molar-refractivity contribution in [1.82, 2.24) is 34.5 Å². The van der Waals surface area contributed by atoms with Gasteiger partial charge in [0.2, 0.25) is 5.28 Å². The lowest BCUT2D eigenvalue weighted by Gasteiger charge is -2.24. The molecule has 0 amide bonds. The fourth-order valence-electron chi connectivity index (χ4n) is 3.84. The Labute approximate surface area is 206 Å². The lowest BCUT2D eigenvalue weighted by molar-refractivity contribution is 0.414. The molecular formula is C24H23ClN8O2. The number of ether oxygens (including phenoxy) is 2. The normalized spacial score (nSPS) is 11.1. The molecule has 0 atom stereocenters. The summed E-state index contributed by atoms with van der Waals surface area (Å²) in [6.45, 7) is 1.12. The van der Waals surface area contributed by atoms with Crippen molar-refractivity contribution in [3.63, 3.8) is 0 Å². The zero-order chi connectivity index (χ0) is 24.4.